The highest BCUT2D eigenvalue weighted by atomic mass is 16.5. The van der Waals surface area contributed by atoms with Gasteiger partial charge in [0.15, 0.2) is 5.96 Å². The van der Waals surface area contributed by atoms with E-state index in [0.29, 0.717) is 6.04 Å². The summed E-state index contributed by atoms with van der Waals surface area (Å²) in [5.41, 5.74) is 0. The minimum absolute atomic E-state index is 0.467. The number of aliphatic imine (C=N–C) groups is 1. The molecule has 0 spiro atoms. The van der Waals surface area contributed by atoms with Crippen LogP contribution in [-0.4, -0.2) is 87.4 Å². The Hall–Kier alpha value is -0.850. The van der Waals surface area contributed by atoms with Crippen molar-refractivity contribution >= 4 is 5.96 Å². The van der Waals surface area contributed by atoms with Crippen LogP contribution < -0.4 is 10.6 Å². The number of rotatable bonds is 8. The number of likely N-dealkylation sites (tertiary alicyclic amines) is 1. The zero-order chi connectivity index (χ0) is 17.9. The van der Waals surface area contributed by atoms with Gasteiger partial charge in [0.1, 0.15) is 0 Å². The Balaban J connectivity index is 1.64. The standard InChI is InChI=1S/C19H39N5O/c1-4-20-19(22-16-18(3)24-12-14-25-15-13-24)21-8-5-9-23-10-6-17(2)7-11-23/h17-18H,4-16H2,1-3H3,(H2,20,21,22). The van der Waals surface area contributed by atoms with E-state index in [-0.39, 0.29) is 0 Å². The fourth-order valence-corrected chi connectivity index (χ4v) is 3.49. The smallest absolute Gasteiger partial charge is 0.191 e. The van der Waals surface area contributed by atoms with Crippen LogP contribution in [-0.2, 0) is 4.74 Å². The second kappa shape index (κ2) is 11.7. The summed E-state index contributed by atoms with van der Waals surface area (Å²) in [6, 6.07) is 0.467. The quantitative estimate of drug-likeness (QED) is 0.392. The number of ether oxygens (including phenoxy) is 1. The first-order valence-corrected chi connectivity index (χ1v) is 10.3. The number of hydrogen-bond donors (Lipinski definition) is 2. The fraction of sp³-hybridized carbons (Fsp3) is 0.947. The van der Waals surface area contributed by atoms with Gasteiger partial charge >= 0.3 is 0 Å². The maximum Gasteiger partial charge on any atom is 0.191 e. The van der Waals surface area contributed by atoms with Crippen LogP contribution in [0.3, 0.4) is 0 Å². The van der Waals surface area contributed by atoms with E-state index in [0.717, 1.165) is 57.8 Å². The van der Waals surface area contributed by atoms with E-state index in [9.17, 15) is 0 Å². The molecule has 1 unspecified atom stereocenters. The molecular formula is C19H39N5O. The lowest BCUT2D eigenvalue weighted by Gasteiger charge is -2.31. The summed E-state index contributed by atoms with van der Waals surface area (Å²) in [5, 5.41) is 6.86. The summed E-state index contributed by atoms with van der Waals surface area (Å²) in [6.45, 7) is 17.0. The molecule has 25 heavy (non-hydrogen) atoms. The molecule has 0 aromatic carbocycles. The number of piperidine rings is 1. The molecule has 146 valence electrons. The largest absolute Gasteiger partial charge is 0.379 e. The molecule has 2 N–H and O–H groups in total. The minimum Gasteiger partial charge on any atom is -0.379 e. The molecule has 2 fully saturated rings. The van der Waals surface area contributed by atoms with Gasteiger partial charge in [-0.15, -0.1) is 0 Å². The summed E-state index contributed by atoms with van der Waals surface area (Å²) in [4.78, 5) is 9.85. The Labute approximate surface area is 154 Å². The predicted molar refractivity (Wildman–Crippen MR) is 105 cm³/mol. The fourth-order valence-electron chi connectivity index (χ4n) is 3.49. The second-order valence-corrected chi connectivity index (χ2v) is 7.52. The molecule has 0 saturated carbocycles. The van der Waals surface area contributed by atoms with Gasteiger partial charge in [-0.05, 0) is 58.7 Å². The lowest BCUT2D eigenvalue weighted by Crippen LogP contribution is -2.44. The summed E-state index contributed by atoms with van der Waals surface area (Å²) >= 11 is 0. The van der Waals surface area contributed by atoms with Crippen LogP contribution >= 0.6 is 0 Å². The van der Waals surface area contributed by atoms with Crippen molar-refractivity contribution < 1.29 is 4.74 Å². The molecule has 1 atom stereocenters. The molecule has 2 heterocycles. The van der Waals surface area contributed by atoms with Gasteiger partial charge in [0.05, 0.1) is 19.8 Å². The lowest BCUT2D eigenvalue weighted by atomic mass is 9.99. The van der Waals surface area contributed by atoms with Crippen molar-refractivity contribution in [2.45, 2.75) is 46.1 Å². The average molecular weight is 354 g/mol. The Kier molecular flexibility index (Phi) is 9.58. The van der Waals surface area contributed by atoms with Gasteiger partial charge in [-0.1, -0.05) is 6.92 Å². The van der Waals surface area contributed by atoms with Gasteiger partial charge in [-0.25, -0.2) is 0 Å². The molecule has 0 aliphatic carbocycles. The lowest BCUT2D eigenvalue weighted by molar-refractivity contribution is 0.0220. The van der Waals surface area contributed by atoms with Crippen molar-refractivity contribution in [3.63, 3.8) is 0 Å². The molecule has 6 heteroatoms. The average Bonchev–Trinajstić information content (AvgIpc) is 2.65. The monoisotopic (exact) mass is 353 g/mol. The van der Waals surface area contributed by atoms with E-state index in [1.807, 2.05) is 0 Å². The van der Waals surface area contributed by atoms with E-state index in [1.165, 1.54) is 38.9 Å². The van der Waals surface area contributed by atoms with E-state index in [2.05, 4.69) is 41.2 Å². The SMILES string of the molecule is CCNC(=NCC(C)N1CCOCC1)NCCCN1CCC(C)CC1. The molecular weight excluding hydrogens is 314 g/mol. The van der Waals surface area contributed by atoms with Crippen molar-refractivity contribution in [3.8, 4) is 0 Å². The van der Waals surface area contributed by atoms with Crippen LogP contribution in [0.1, 0.15) is 40.0 Å². The van der Waals surface area contributed by atoms with Crippen LogP contribution in [0, 0.1) is 5.92 Å². The summed E-state index contributed by atoms with van der Waals surface area (Å²) in [6.07, 6.45) is 3.89. The highest BCUT2D eigenvalue weighted by Gasteiger charge is 2.17. The van der Waals surface area contributed by atoms with Crippen molar-refractivity contribution in [2.75, 3.05) is 65.6 Å². The van der Waals surface area contributed by atoms with Crippen molar-refractivity contribution in [1.82, 2.24) is 20.4 Å². The van der Waals surface area contributed by atoms with Crippen molar-refractivity contribution in [2.24, 2.45) is 10.9 Å². The van der Waals surface area contributed by atoms with Gasteiger partial charge in [0.25, 0.3) is 0 Å². The van der Waals surface area contributed by atoms with Crippen LogP contribution in [0.2, 0.25) is 0 Å². The predicted octanol–water partition coefficient (Wildman–Crippen LogP) is 1.38. The second-order valence-electron chi connectivity index (χ2n) is 7.52. The molecule has 2 aliphatic heterocycles. The van der Waals surface area contributed by atoms with Gasteiger partial charge in [0.2, 0.25) is 0 Å². The first-order chi connectivity index (χ1) is 12.2. The van der Waals surface area contributed by atoms with Crippen LogP contribution in [0.15, 0.2) is 4.99 Å². The van der Waals surface area contributed by atoms with Crippen LogP contribution in [0.5, 0.6) is 0 Å². The highest BCUT2D eigenvalue weighted by molar-refractivity contribution is 5.79. The number of hydrogen-bond acceptors (Lipinski definition) is 4. The van der Waals surface area contributed by atoms with E-state index < -0.39 is 0 Å². The zero-order valence-electron chi connectivity index (χ0n) is 16.6. The highest BCUT2D eigenvalue weighted by Crippen LogP contribution is 2.15. The zero-order valence-corrected chi connectivity index (χ0v) is 16.6. The number of nitrogens with one attached hydrogen (secondary N) is 2. The molecule has 0 amide bonds. The van der Waals surface area contributed by atoms with Crippen molar-refractivity contribution in [3.05, 3.63) is 0 Å². The maximum absolute atomic E-state index is 5.43. The summed E-state index contributed by atoms with van der Waals surface area (Å²) < 4.78 is 5.43. The summed E-state index contributed by atoms with van der Waals surface area (Å²) in [7, 11) is 0. The Morgan fingerprint density at radius 2 is 1.88 bits per heavy atom. The van der Waals surface area contributed by atoms with E-state index in [1.54, 1.807) is 0 Å². The normalized spacial score (nSPS) is 22.8. The molecule has 6 nitrogen and oxygen atoms in total. The maximum atomic E-state index is 5.43. The minimum atomic E-state index is 0.467. The van der Waals surface area contributed by atoms with E-state index in [4.69, 9.17) is 9.73 Å². The van der Waals surface area contributed by atoms with Crippen LogP contribution in [0.25, 0.3) is 0 Å². The molecule has 0 radical (unpaired) electrons. The van der Waals surface area contributed by atoms with Gasteiger partial charge in [0, 0.05) is 32.2 Å². The molecule has 0 bridgehead atoms. The molecule has 2 rings (SSSR count). The van der Waals surface area contributed by atoms with Gasteiger partial charge < -0.3 is 20.3 Å². The Bertz CT molecular complexity index is 376. The Morgan fingerprint density at radius 1 is 1.16 bits per heavy atom. The third-order valence-corrected chi connectivity index (χ3v) is 5.35. The first-order valence-electron chi connectivity index (χ1n) is 10.3. The van der Waals surface area contributed by atoms with E-state index >= 15 is 0 Å². The third kappa shape index (κ3) is 7.92. The molecule has 2 saturated heterocycles. The number of morpholine rings is 1. The third-order valence-electron chi connectivity index (χ3n) is 5.35. The number of guanidine groups is 1. The van der Waals surface area contributed by atoms with Gasteiger partial charge in [-0.2, -0.15) is 0 Å². The summed E-state index contributed by atoms with van der Waals surface area (Å²) in [5.74, 6) is 1.87. The van der Waals surface area contributed by atoms with Gasteiger partial charge in [-0.3, -0.25) is 9.89 Å². The number of nitrogens with zero attached hydrogens (tertiary/aromatic N) is 3. The molecule has 2 aliphatic rings. The Morgan fingerprint density at radius 3 is 2.56 bits per heavy atom. The molecule has 0 aromatic heterocycles. The topological polar surface area (TPSA) is 52.1 Å². The van der Waals surface area contributed by atoms with Crippen LogP contribution in [0.4, 0.5) is 0 Å². The first kappa shape index (κ1) is 20.5. The van der Waals surface area contributed by atoms with Crippen molar-refractivity contribution in [1.29, 1.82) is 0 Å². The molecule has 0 aromatic rings.